The van der Waals surface area contributed by atoms with E-state index < -0.39 is 5.60 Å². The third-order valence-corrected chi connectivity index (χ3v) is 2.60. The van der Waals surface area contributed by atoms with E-state index in [1.807, 2.05) is 0 Å². The highest BCUT2D eigenvalue weighted by atomic mass is 16.4. The van der Waals surface area contributed by atoms with Crippen LogP contribution in [-0.4, -0.2) is 17.6 Å². The van der Waals surface area contributed by atoms with E-state index in [1.54, 1.807) is 37.3 Å². The van der Waals surface area contributed by atoms with Crippen molar-refractivity contribution in [2.24, 2.45) is 0 Å². The number of rotatable bonds is 5. The molecule has 0 aliphatic rings. The normalized spacial score (nSPS) is 14.4. The van der Waals surface area contributed by atoms with Gasteiger partial charge < -0.3 is 19.3 Å². The molecule has 0 aliphatic heterocycles. The third kappa shape index (κ3) is 3.59. The molecule has 2 aromatic heterocycles. The zero-order valence-corrected chi connectivity index (χ0v) is 10.5. The lowest BCUT2D eigenvalue weighted by Crippen LogP contribution is -2.37. The second-order valence-electron chi connectivity index (χ2n) is 4.32. The van der Waals surface area contributed by atoms with Crippen molar-refractivity contribution in [2.45, 2.75) is 12.5 Å². The Bertz CT molecular complexity index is 538. The molecule has 0 radical (unpaired) electrons. The monoisotopic (exact) mass is 261 g/mol. The predicted molar refractivity (Wildman–Crippen MR) is 69.0 cm³/mol. The Kier molecular flexibility index (Phi) is 3.87. The van der Waals surface area contributed by atoms with Gasteiger partial charge in [-0.15, -0.1) is 0 Å². The lowest BCUT2D eigenvalue weighted by atomic mass is 10.0. The molecule has 0 saturated carbocycles. The first-order chi connectivity index (χ1) is 9.08. The molecule has 19 heavy (non-hydrogen) atoms. The van der Waals surface area contributed by atoms with Crippen molar-refractivity contribution < 1.29 is 18.7 Å². The summed E-state index contributed by atoms with van der Waals surface area (Å²) in [5.74, 6) is 0.680. The van der Waals surface area contributed by atoms with Gasteiger partial charge in [-0.3, -0.25) is 4.79 Å². The minimum absolute atomic E-state index is 0.0574. The second kappa shape index (κ2) is 5.58. The number of nitrogens with one attached hydrogen (secondary N) is 1. The summed E-state index contributed by atoms with van der Waals surface area (Å²) in [5.41, 5.74) is -1.24. The lowest BCUT2D eigenvalue weighted by molar-refractivity contribution is -0.117. The van der Waals surface area contributed by atoms with E-state index in [4.69, 9.17) is 8.83 Å². The standard InChI is InChI=1S/C14H15NO4/c1-14(17,12-5-3-9-19-12)10-15-13(16)7-6-11-4-2-8-18-11/h2-9,17H,10H2,1H3,(H,15,16)/b7-6+/t14-/m1/s1. The lowest BCUT2D eigenvalue weighted by Gasteiger charge is -2.20. The van der Waals surface area contributed by atoms with Crippen molar-refractivity contribution >= 4 is 12.0 Å². The fourth-order valence-corrected chi connectivity index (χ4v) is 1.53. The number of carbonyl (C=O) groups excluding carboxylic acids is 1. The van der Waals surface area contributed by atoms with E-state index in [0.717, 1.165) is 0 Å². The molecule has 2 aromatic rings. The van der Waals surface area contributed by atoms with Gasteiger partial charge in [0.1, 0.15) is 17.1 Å². The summed E-state index contributed by atoms with van der Waals surface area (Å²) in [6, 6.07) is 6.81. The molecule has 0 spiro atoms. The molecule has 0 aliphatic carbocycles. The van der Waals surface area contributed by atoms with Gasteiger partial charge in [0.2, 0.25) is 5.91 Å². The van der Waals surface area contributed by atoms with Crippen LogP contribution >= 0.6 is 0 Å². The number of aliphatic hydroxyl groups is 1. The SMILES string of the molecule is C[C@@](O)(CNC(=O)/C=C/c1ccco1)c1ccco1. The summed E-state index contributed by atoms with van der Waals surface area (Å²) in [7, 11) is 0. The van der Waals surface area contributed by atoms with Crippen molar-refractivity contribution in [1.82, 2.24) is 5.32 Å². The molecule has 2 heterocycles. The zero-order chi connectivity index (χ0) is 13.7. The van der Waals surface area contributed by atoms with Crippen LogP contribution in [0.25, 0.3) is 6.08 Å². The molecule has 2 rings (SSSR count). The summed E-state index contributed by atoms with van der Waals surface area (Å²) >= 11 is 0. The smallest absolute Gasteiger partial charge is 0.244 e. The van der Waals surface area contributed by atoms with Crippen molar-refractivity contribution in [2.75, 3.05) is 6.54 Å². The van der Waals surface area contributed by atoms with Crippen LogP contribution in [0, 0.1) is 0 Å². The van der Waals surface area contributed by atoms with Crippen LogP contribution < -0.4 is 5.32 Å². The summed E-state index contributed by atoms with van der Waals surface area (Å²) in [6.45, 7) is 1.63. The average Bonchev–Trinajstić information content (AvgIpc) is 3.06. The number of carbonyl (C=O) groups is 1. The van der Waals surface area contributed by atoms with Gasteiger partial charge in [0.25, 0.3) is 0 Å². The zero-order valence-electron chi connectivity index (χ0n) is 10.5. The van der Waals surface area contributed by atoms with Gasteiger partial charge >= 0.3 is 0 Å². The molecular formula is C14H15NO4. The van der Waals surface area contributed by atoms with Gasteiger partial charge in [-0.1, -0.05) is 0 Å². The highest BCUT2D eigenvalue weighted by molar-refractivity contribution is 5.91. The minimum atomic E-state index is -1.24. The Balaban J connectivity index is 1.87. The highest BCUT2D eigenvalue weighted by Crippen LogP contribution is 2.19. The summed E-state index contributed by atoms with van der Waals surface area (Å²) in [4.78, 5) is 11.6. The van der Waals surface area contributed by atoms with Gasteiger partial charge in [-0.05, 0) is 37.3 Å². The average molecular weight is 261 g/mol. The maximum atomic E-state index is 11.6. The molecular weight excluding hydrogens is 246 g/mol. The van der Waals surface area contributed by atoms with Gasteiger partial charge in [0.05, 0.1) is 19.1 Å². The molecule has 5 nitrogen and oxygen atoms in total. The topological polar surface area (TPSA) is 75.6 Å². The Labute approximate surface area is 110 Å². The van der Waals surface area contributed by atoms with Gasteiger partial charge in [-0.25, -0.2) is 0 Å². The minimum Gasteiger partial charge on any atom is -0.466 e. The molecule has 0 bridgehead atoms. The fourth-order valence-electron chi connectivity index (χ4n) is 1.53. The van der Waals surface area contributed by atoms with Crippen LogP contribution in [0.15, 0.2) is 51.7 Å². The Morgan fingerprint density at radius 2 is 2.11 bits per heavy atom. The van der Waals surface area contributed by atoms with E-state index >= 15 is 0 Å². The van der Waals surface area contributed by atoms with Gasteiger partial charge in [-0.2, -0.15) is 0 Å². The third-order valence-electron chi connectivity index (χ3n) is 2.60. The van der Waals surface area contributed by atoms with E-state index in [0.29, 0.717) is 11.5 Å². The molecule has 0 unspecified atom stereocenters. The quantitative estimate of drug-likeness (QED) is 0.806. The molecule has 5 heteroatoms. The highest BCUT2D eigenvalue weighted by Gasteiger charge is 2.26. The van der Waals surface area contributed by atoms with E-state index in [9.17, 15) is 9.90 Å². The summed E-state index contributed by atoms with van der Waals surface area (Å²) in [6.07, 6.45) is 5.90. The number of hydrogen-bond donors (Lipinski definition) is 2. The van der Waals surface area contributed by atoms with E-state index in [-0.39, 0.29) is 12.5 Å². The maximum Gasteiger partial charge on any atom is 0.244 e. The largest absolute Gasteiger partial charge is 0.466 e. The van der Waals surface area contributed by atoms with Gasteiger partial charge in [0, 0.05) is 6.08 Å². The second-order valence-corrected chi connectivity index (χ2v) is 4.32. The van der Waals surface area contributed by atoms with Crippen LogP contribution in [-0.2, 0) is 10.4 Å². The van der Waals surface area contributed by atoms with Crippen LogP contribution in [0.3, 0.4) is 0 Å². The maximum absolute atomic E-state index is 11.6. The Morgan fingerprint density at radius 1 is 1.37 bits per heavy atom. The van der Waals surface area contributed by atoms with Crippen molar-refractivity contribution in [3.8, 4) is 0 Å². The number of amides is 1. The first-order valence-corrected chi connectivity index (χ1v) is 5.84. The van der Waals surface area contributed by atoms with Crippen LogP contribution in [0.2, 0.25) is 0 Å². The summed E-state index contributed by atoms with van der Waals surface area (Å²) < 4.78 is 10.2. The molecule has 2 N–H and O–H groups in total. The summed E-state index contributed by atoms with van der Waals surface area (Å²) in [5, 5.41) is 12.7. The van der Waals surface area contributed by atoms with Crippen molar-refractivity contribution in [3.05, 3.63) is 54.4 Å². The molecule has 1 atom stereocenters. The van der Waals surface area contributed by atoms with Crippen LogP contribution in [0.5, 0.6) is 0 Å². The molecule has 0 aromatic carbocycles. The Hall–Kier alpha value is -2.27. The van der Waals surface area contributed by atoms with Crippen LogP contribution in [0.4, 0.5) is 0 Å². The number of furan rings is 2. The van der Waals surface area contributed by atoms with E-state index in [1.165, 1.54) is 18.6 Å². The predicted octanol–water partition coefficient (Wildman–Crippen LogP) is 1.91. The first-order valence-electron chi connectivity index (χ1n) is 5.84. The van der Waals surface area contributed by atoms with E-state index in [2.05, 4.69) is 5.32 Å². The molecule has 1 amide bonds. The van der Waals surface area contributed by atoms with Gasteiger partial charge in [0.15, 0.2) is 0 Å². The van der Waals surface area contributed by atoms with Crippen molar-refractivity contribution in [3.63, 3.8) is 0 Å². The first kappa shape index (κ1) is 13.2. The Morgan fingerprint density at radius 3 is 2.74 bits per heavy atom. The molecule has 100 valence electrons. The molecule has 0 fully saturated rings. The fraction of sp³-hybridized carbons (Fsp3) is 0.214. The molecule has 0 saturated heterocycles. The number of hydrogen-bond acceptors (Lipinski definition) is 4. The van der Waals surface area contributed by atoms with Crippen LogP contribution in [0.1, 0.15) is 18.4 Å². The van der Waals surface area contributed by atoms with Crippen molar-refractivity contribution in [1.29, 1.82) is 0 Å².